The monoisotopic (exact) mass is 340 g/mol. The summed E-state index contributed by atoms with van der Waals surface area (Å²) in [5.74, 6) is 1.00. The molecule has 132 valence electrons. The number of carbonyl (C=O) groups excluding carboxylic acids is 1. The number of hydrogen-bond acceptors (Lipinski definition) is 5. The third-order valence-electron chi connectivity index (χ3n) is 4.57. The van der Waals surface area contributed by atoms with E-state index >= 15 is 0 Å². The number of nitrogens with zero attached hydrogens (tertiary/aromatic N) is 4. The number of methoxy groups -OCH3 is 1. The van der Waals surface area contributed by atoms with Crippen molar-refractivity contribution in [2.75, 3.05) is 20.2 Å². The van der Waals surface area contributed by atoms with E-state index in [4.69, 9.17) is 4.74 Å². The standard InChI is InChI=1S/C19H24N4O2/c1-13-6-7-15(9-20-13)19(24)23-8-4-5-16(11-23)18-17(12-25-3)10-21-14(2)22-18/h6-7,9-10,16H,4-5,8,11-12H2,1-3H3. The predicted octanol–water partition coefficient (Wildman–Crippen LogP) is 2.65. The zero-order valence-electron chi connectivity index (χ0n) is 15.0. The Kier molecular flexibility index (Phi) is 5.38. The van der Waals surface area contributed by atoms with Crippen LogP contribution in [0.5, 0.6) is 0 Å². The predicted molar refractivity (Wildman–Crippen MR) is 94.3 cm³/mol. The summed E-state index contributed by atoms with van der Waals surface area (Å²) in [6, 6.07) is 3.72. The molecule has 1 atom stereocenters. The van der Waals surface area contributed by atoms with Crippen LogP contribution in [0.3, 0.4) is 0 Å². The Hall–Kier alpha value is -2.34. The molecule has 1 saturated heterocycles. The van der Waals surface area contributed by atoms with E-state index in [1.54, 1.807) is 13.3 Å². The third kappa shape index (κ3) is 4.02. The lowest BCUT2D eigenvalue weighted by molar-refractivity contribution is 0.0704. The fraction of sp³-hybridized carbons (Fsp3) is 0.474. The molecule has 3 heterocycles. The maximum absolute atomic E-state index is 12.8. The van der Waals surface area contributed by atoms with E-state index in [-0.39, 0.29) is 11.8 Å². The molecule has 1 fully saturated rings. The molecule has 1 aliphatic heterocycles. The van der Waals surface area contributed by atoms with Gasteiger partial charge in [-0.15, -0.1) is 0 Å². The number of aromatic nitrogens is 3. The number of piperidine rings is 1. The van der Waals surface area contributed by atoms with Gasteiger partial charge in [0, 0.05) is 49.8 Å². The topological polar surface area (TPSA) is 68.2 Å². The summed E-state index contributed by atoms with van der Waals surface area (Å²) in [7, 11) is 1.67. The molecule has 0 aromatic carbocycles. The first-order valence-electron chi connectivity index (χ1n) is 8.61. The lowest BCUT2D eigenvalue weighted by atomic mass is 9.91. The number of likely N-dealkylation sites (tertiary alicyclic amines) is 1. The first-order valence-corrected chi connectivity index (χ1v) is 8.61. The summed E-state index contributed by atoms with van der Waals surface area (Å²) < 4.78 is 5.29. The maximum Gasteiger partial charge on any atom is 0.255 e. The molecule has 0 radical (unpaired) electrons. The van der Waals surface area contributed by atoms with E-state index in [0.29, 0.717) is 18.7 Å². The number of carbonyl (C=O) groups is 1. The highest BCUT2D eigenvalue weighted by Gasteiger charge is 2.28. The summed E-state index contributed by atoms with van der Waals surface area (Å²) in [5.41, 5.74) is 3.56. The maximum atomic E-state index is 12.8. The molecular formula is C19H24N4O2. The zero-order valence-corrected chi connectivity index (χ0v) is 15.0. The van der Waals surface area contributed by atoms with Crippen LogP contribution >= 0.6 is 0 Å². The average Bonchev–Trinajstić information content (AvgIpc) is 2.63. The molecule has 0 N–H and O–H groups in total. The lowest BCUT2D eigenvalue weighted by Crippen LogP contribution is -2.39. The van der Waals surface area contributed by atoms with Gasteiger partial charge in [0.25, 0.3) is 5.91 Å². The molecule has 0 bridgehead atoms. The molecule has 0 saturated carbocycles. The average molecular weight is 340 g/mol. The van der Waals surface area contributed by atoms with Gasteiger partial charge in [0.2, 0.25) is 0 Å². The van der Waals surface area contributed by atoms with Crippen LogP contribution in [0.2, 0.25) is 0 Å². The number of aryl methyl sites for hydroxylation is 2. The van der Waals surface area contributed by atoms with Crippen LogP contribution in [0.25, 0.3) is 0 Å². The second-order valence-corrected chi connectivity index (χ2v) is 6.54. The van der Waals surface area contributed by atoms with Gasteiger partial charge < -0.3 is 9.64 Å². The van der Waals surface area contributed by atoms with Gasteiger partial charge in [0.15, 0.2) is 0 Å². The van der Waals surface area contributed by atoms with E-state index < -0.39 is 0 Å². The van der Waals surface area contributed by atoms with Crippen molar-refractivity contribution < 1.29 is 9.53 Å². The highest BCUT2D eigenvalue weighted by atomic mass is 16.5. The van der Waals surface area contributed by atoms with Gasteiger partial charge in [0.05, 0.1) is 17.9 Å². The summed E-state index contributed by atoms with van der Waals surface area (Å²) in [6.45, 7) is 5.73. The zero-order chi connectivity index (χ0) is 17.8. The molecule has 1 amide bonds. The van der Waals surface area contributed by atoms with Crippen molar-refractivity contribution in [1.82, 2.24) is 19.9 Å². The van der Waals surface area contributed by atoms with E-state index in [0.717, 1.165) is 42.2 Å². The van der Waals surface area contributed by atoms with Crippen LogP contribution < -0.4 is 0 Å². The molecule has 6 heteroatoms. The van der Waals surface area contributed by atoms with Crippen molar-refractivity contribution in [2.24, 2.45) is 0 Å². The molecule has 3 rings (SSSR count). The Morgan fingerprint density at radius 2 is 2.12 bits per heavy atom. The highest BCUT2D eigenvalue weighted by Crippen LogP contribution is 2.29. The van der Waals surface area contributed by atoms with Crippen LogP contribution in [0.1, 0.15) is 51.9 Å². The van der Waals surface area contributed by atoms with Gasteiger partial charge >= 0.3 is 0 Å². The molecule has 0 spiro atoms. The molecule has 1 unspecified atom stereocenters. The van der Waals surface area contributed by atoms with E-state index in [1.807, 2.05) is 37.1 Å². The Balaban J connectivity index is 1.80. The number of rotatable bonds is 4. The molecule has 2 aromatic heterocycles. The molecule has 1 aliphatic rings. The Morgan fingerprint density at radius 1 is 1.28 bits per heavy atom. The fourth-order valence-electron chi connectivity index (χ4n) is 3.29. The van der Waals surface area contributed by atoms with Crippen LogP contribution in [0.15, 0.2) is 24.5 Å². The molecule has 6 nitrogen and oxygen atoms in total. The Morgan fingerprint density at radius 3 is 2.84 bits per heavy atom. The van der Waals surface area contributed by atoms with Crippen molar-refractivity contribution in [1.29, 1.82) is 0 Å². The van der Waals surface area contributed by atoms with Crippen molar-refractivity contribution in [3.8, 4) is 0 Å². The quantitative estimate of drug-likeness (QED) is 0.856. The van der Waals surface area contributed by atoms with Gasteiger partial charge in [-0.05, 0) is 38.8 Å². The van der Waals surface area contributed by atoms with Crippen LogP contribution in [-0.2, 0) is 11.3 Å². The van der Waals surface area contributed by atoms with Crippen LogP contribution in [0, 0.1) is 13.8 Å². The molecule has 2 aromatic rings. The van der Waals surface area contributed by atoms with Gasteiger partial charge in [-0.1, -0.05) is 0 Å². The van der Waals surface area contributed by atoms with Crippen LogP contribution in [-0.4, -0.2) is 46.0 Å². The lowest BCUT2D eigenvalue weighted by Gasteiger charge is -2.33. The second kappa shape index (κ2) is 7.70. The second-order valence-electron chi connectivity index (χ2n) is 6.54. The number of pyridine rings is 1. The minimum Gasteiger partial charge on any atom is -0.380 e. The van der Waals surface area contributed by atoms with Crippen LogP contribution in [0.4, 0.5) is 0 Å². The largest absolute Gasteiger partial charge is 0.380 e. The number of ether oxygens (including phenoxy) is 1. The summed E-state index contributed by atoms with van der Waals surface area (Å²) in [5, 5.41) is 0. The van der Waals surface area contributed by atoms with Gasteiger partial charge in [0.1, 0.15) is 5.82 Å². The fourth-order valence-corrected chi connectivity index (χ4v) is 3.29. The number of hydrogen-bond donors (Lipinski definition) is 0. The van der Waals surface area contributed by atoms with Gasteiger partial charge in [-0.3, -0.25) is 9.78 Å². The van der Waals surface area contributed by atoms with E-state index in [1.165, 1.54) is 0 Å². The Bertz CT molecular complexity index is 746. The SMILES string of the molecule is COCc1cnc(C)nc1C1CCCN(C(=O)c2ccc(C)nc2)C1. The van der Waals surface area contributed by atoms with Gasteiger partial charge in [-0.25, -0.2) is 9.97 Å². The summed E-state index contributed by atoms with van der Waals surface area (Å²) >= 11 is 0. The number of amides is 1. The summed E-state index contributed by atoms with van der Waals surface area (Å²) in [6.07, 6.45) is 5.48. The van der Waals surface area contributed by atoms with Gasteiger partial charge in [-0.2, -0.15) is 0 Å². The third-order valence-corrected chi connectivity index (χ3v) is 4.57. The normalized spacial score (nSPS) is 17.6. The molecule has 0 aliphatic carbocycles. The minimum absolute atomic E-state index is 0.0382. The smallest absolute Gasteiger partial charge is 0.255 e. The first-order chi connectivity index (χ1) is 12.1. The molecular weight excluding hydrogens is 316 g/mol. The van der Waals surface area contributed by atoms with Crippen molar-refractivity contribution in [2.45, 2.75) is 39.2 Å². The van der Waals surface area contributed by atoms with Crippen molar-refractivity contribution in [3.05, 3.63) is 52.9 Å². The van der Waals surface area contributed by atoms with E-state index in [9.17, 15) is 4.79 Å². The van der Waals surface area contributed by atoms with Crippen molar-refractivity contribution >= 4 is 5.91 Å². The van der Waals surface area contributed by atoms with E-state index in [2.05, 4.69) is 15.0 Å². The first kappa shape index (κ1) is 17.5. The minimum atomic E-state index is 0.0382. The summed E-state index contributed by atoms with van der Waals surface area (Å²) in [4.78, 5) is 27.9. The Labute approximate surface area is 148 Å². The molecule has 25 heavy (non-hydrogen) atoms. The highest BCUT2D eigenvalue weighted by molar-refractivity contribution is 5.94. The van der Waals surface area contributed by atoms with Crippen molar-refractivity contribution in [3.63, 3.8) is 0 Å².